The minimum atomic E-state index is -0.786. The molecule has 0 aromatic carbocycles. The summed E-state index contributed by atoms with van der Waals surface area (Å²) in [5, 5.41) is 14.4. The number of amides is 2. The van der Waals surface area contributed by atoms with Crippen LogP contribution in [-0.4, -0.2) is 29.7 Å². The third kappa shape index (κ3) is 6.78. The maximum atomic E-state index is 11.8. The molecular formula is C15H28N2O3. The number of hydrogen-bond donors (Lipinski definition) is 3. The molecular weight excluding hydrogens is 256 g/mol. The van der Waals surface area contributed by atoms with E-state index in [0.29, 0.717) is 18.4 Å². The molecule has 1 atom stereocenters. The highest BCUT2D eigenvalue weighted by atomic mass is 16.4. The topological polar surface area (TPSA) is 78.4 Å². The molecule has 1 saturated carbocycles. The van der Waals surface area contributed by atoms with Crippen LogP contribution in [-0.2, 0) is 4.79 Å². The molecule has 1 aliphatic rings. The van der Waals surface area contributed by atoms with E-state index in [-0.39, 0.29) is 24.4 Å². The van der Waals surface area contributed by atoms with E-state index in [0.717, 1.165) is 25.7 Å². The quantitative estimate of drug-likeness (QED) is 0.701. The highest BCUT2D eigenvalue weighted by molar-refractivity contribution is 5.74. The number of carboxylic acids is 1. The number of urea groups is 1. The van der Waals surface area contributed by atoms with Crippen LogP contribution in [0.5, 0.6) is 0 Å². The lowest BCUT2D eigenvalue weighted by molar-refractivity contribution is -0.137. The molecule has 0 spiro atoms. The summed E-state index contributed by atoms with van der Waals surface area (Å²) >= 11 is 0. The fraction of sp³-hybridized carbons (Fsp3) is 0.867. The van der Waals surface area contributed by atoms with Gasteiger partial charge in [0.15, 0.2) is 0 Å². The predicted molar refractivity (Wildman–Crippen MR) is 78.6 cm³/mol. The largest absolute Gasteiger partial charge is 0.481 e. The van der Waals surface area contributed by atoms with Crippen LogP contribution < -0.4 is 10.6 Å². The summed E-state index contributed by atoms with van der Waals surface area (Å²) in [5.74, 6) is -0.603. The average molecular weight is 284 g/mol. The van der Waals surface area contributed by atoms with Crippen LogP contribution in [0.25, 0.3) is 0 Å². The van der Waals surface area contributed by atoms with E-state index in [9.17, 15) is 9.59 Å². The van der Waals surface area contributed by atoms with Gasteiger partial charge >= 0.3 is 12.0 Å². The minimum Gasteiger partial charge on any atom is -0.481 e. The normalized spacial score (nSPS) is 20.1. The summed E-state index contributed by atoms with van der Waals surface area (Å²) < 4.78 is 0. The molecule has 0 aromatic rings. The molecule has 3 N–H and O–H groups in total. The number of nitrogens with one attached hydrogen (secondary N) is 2. The molecule has 5 nitrogen and oxygen atoms in total. The molecule has 0 saturated heterocycles. The monoisotopic (exact) mass is 284 g/mol. The van der Waals surface area contributed by atoms with E-state index in [2.05, 4.69) is 24.5 Å². The lowest BCUT2D eigenvalue weighted by Gasteiger charge is -2.34. The van der Waals surface area contributed by atoms with Crippen LogP contribution in [0, 0.1) is 11.3 Å². The van der Waals surface area contributed by atoms with Gasteiger partial charge in [0.2, 0.25) is 0 Å². The lowest BCUT2D eigenvalue weighted by Crippen LogP contribution is -2.45. The van der Waals surface area contributed by atoms with Crippen LogP contribution in [0.15, 0.2) is 0 Å². The number of carboxylic acid groups (broad SMARTS) is 1. The van der Waals surface area contributed by atoms with Crippen LogP contribution >= 0.6 is 0 Å². The van der Waals surface area contributed by atoms with Crippen molar-refractivity contribution in [2.24, 2.45) is 11.3 Å². The Bertz CT molecular complexity index is 332. The highest BCUT2D eigenvalue weighted by Crippen LogP contribution is 2.34. The summed E-state index contributed by atoms with van der Waals surface area (Å²) in [5.41, 5.74) is 0.403. The Hall–Kier alpha value is -1.26. The van der Waals surface area contributed by atoms with Gasteiger partial charge < -0.3 is 15.7 Å². The zero-order valence-corrected chi connectivity index (χ0v) is 12.9. The molecule has 1 rings (SSSR count). The first-order chi connectivity index (χ1) is 9.28. The van der Waals surface area contributed by atoms with Crippen molar-refractivity contribution in [2.75, 3.05) is 6.54 Å². The second kappa shape index (κ2) is 7.50. The molecule has 5 heteroatoms. The Morgan fingerprint density at radius 2 is 1.90 bits per heavy atom. The van der Waals surface area contributed by atoms with E-state index in [1.807, 2.05) is 6.92 Å². The van der Waals surface area contributed by atoms with Gasteiger partial charge in [-0.25, -0.2) is 4.79 Å². The molecule has 0 radical (unpaired) electrons. The average Bonchev–Trinajstić information content (AvgIpc) is 2.36. The van der Waals surface area contributed by atoms with Gasteiger partial charge in [-0.15, -0.1) is 0 Å². The molecule has 0 bridgehead atoms. The number of rotatable bonds is 6. The van der Waals surface area contributed by atoms with E-state index >= 15 is 0 Å². The van der Waals surface area contributed by atoms with Crippen LogP contribution in [0.3, 0.4) is 0 Å². The van der Waals surface area contributed by atoms with E-state index in [4.69, 9.17) is 5.11 Å². The lowest BCUT2D eigenvalue weighted by atomic mass is 9.76. The van der Waals surface area contributed by atoms with Gasteiger partial charge in [0, 0.05) is 19.0 Å². The van der Waals surface area contributed by atoms with Crippen LogP contribution in [0.4, 0.5) is 4.79 Å². The van der Waals surface area contributed by atoms with Gasteiger partial charge in [-0.1, -0.05) is 20.8 Å². The zero-order chi connectivity index (χ0) is 15.2. The van der Waals surface area contributed by atoms with Gasteiger partial charge in [-0.3, -0.25) is 4.79 Å². The Kier molecular flexibility index (Phi) is 6.30. The number of hydrogen-bond acceptors (Lipinski definition) is 2. The van der Waals surface area contributed by atoms with Crippen molar-refractivity contribution in [3.8, 4) is 0 Å². The maximum absolute atomic E-state index is 11.8. The zero-order valence-electron chi connectivity index (χ0n) is 12.9. The summed E-state index contributed by atoms with van der Waals surface area (Å²) in [7, 11) is 0. The minimum absolute atomic E-state index is 0.128. The Morgan fingerprint density at radius 3 is 2.45 bits per heavy atom. The van der Waals surface area contributed by atoms with Crippen molar-refractivity contribution in [3.05, 3.63) is 0 Å². The van der Waals surface area contributed by atoms with Gasteiger partial charge in [-0.2, -0.15) is 0 Å². The third-order valence-corrected chi connectivity index (χ3v) is 4.14. The summed E-state index contributed by atoms with van der Waals surface area (Å²) in [4.78, 5) is 22.2. The van der Waals surface area contributed by atoms with Crippen molar-refractivity contribution < 1.29 is 14.7 Å². The van der Waals surface area contributed by atoms with Gasteiger partial charge in [0.25, 0.3) is 0 Å². The van der Waals surface area contributed by atoms with Gasteiger partial charge in [-0.05, 0) is 43.4 Å². The van der Waals surface area contributed by atoms with Crippen molar-refractivity contribution in [2.45, 2.75) is 65.3 Å². The predicted octanol–water partition coefficient (Wildman–Crippen LogP) is 2.76. The van der Waals surface area contributed by atoms with Gasteiger partial charge in [0.05, 0.1) is 0 Å². The van der Waals surface area contributed by atoms with Crippen molar-refractivity contribution >= 4 is 12.0 Å². The molecule has 1 aliphatic carbocycles. The van der Waals surface area contributed by atoms with Crippen LogP contribution in [0.1, 0.15) is 59.3 Å². The smallest absolute Gasteiger partial charge is 0.315 e. The summed E-state index contributed by atoms with van der Waals surface area (Å²) in [6, 6.07) is 0.147. The van der Waals surface area contributed by atoms with E-state index in [1.54, 1.807) is 0 Å². The summed E-state index contributed by atoms with van der Waals surface area (Å²) in [6.45, 7) is 7.02. The van der Waals surface area contributed by atoms with Crippen molar-refractivity contribution in [3.63, 3.8) is 0 Å². The fourth-order valence-corrected chi connectivity index (χ4v) is 2.52. The van der Waals surface area contributed by atoms with Crippen molar-refractivity contribution in [1.29, 1.82) is 0 Å². The van der Waals surface area contributed by atoms with E-state index in [1.165, 1.54) is 0 Å². The molecule has 2 amide bonds. The molecule has 0 aromatic heterocycles. The molecule has 116 valence electrons. The standard InChI is InChI=1S/C15H28N2O3/c1-11(4-5-13(18)19)10-16-14(20)17-12-6-8-15(2,3)9-7-12/h11-12H,4-10H2,1-3H3,(H,18,19)(H2,16,17,20). The summed E-state index contributed by atoms with van der Waals surface area (Å²) in [6.07, 6.45) is 5.11. The van der Waals surface area contributed by atoms with Crippen LogP contribution in [0.2, 0.25) is 0 Å². The number of carbonyl (C=O) groups is 2. The molecule has 0 aliphatic heterocycles. The molecule has 20 heavy (non-hydrogen) atoms. The van der Waals surface area contributed by atoms with E-state index < -0.39 is 5.97 Å². The van der Waals surface area contributed by atoms with Crippen molar-refractivity contribution in [1.82, 2.24) is 10.6 Å². The Labute approximate surface area is 121 Å². The molecule has 1 fully saturated rings. The fourth-order valence-electron chi connectivity index (χ4n) is 2.52. The maximum Gasteiger partial charge on any atom is 0.315 e. The first-order valence-electron chi connectivity index (χ1n) is 7.55. The molecule has 0 heterocycles. The highest BCUT2D eigenvalue weighted by Gasteiger charge is 2.27. The first-order valence-corrected chi connectivity index (χ1v) is 7.55. The Morgan fingerprint density at radius 1 is 1.30 bits per heavy atom. The number of aliphatic carboxylic acids is 1. The third-order valence-electron chi connectivity index (χ3n) is 4.14. The second-order valence-corrected chi connectivity index (χ2v) is 6.83. The second-order valence-electron chi connectivity index (χ2n) is 6.83. The SMILES string of the molecule is CC(CCC(=O)O)CNC(=O)NC1CCC(C)(C)CC1. The molecule has 1 unspecified atom stereocenters. The first kappa shape index (κ1) is 16.8. The number of carbonyl (C=O) groups excluding carboxylic acids is 1. The van der Waals surface area contributed by atoms with Gasteiger partial charge in [0.1, 0.15) is 0 Å². The Balaban J connectivity index is 2.16.